The molecule has 0 bridgehead atoms. The van der Waals surface area contributed by atoms with E-state index in [2.05, 4.69) is 48.2 Å². The molecule has 164 valence electrons. The van der Waals surface area contributed by atoms with Crippen LogP contribution in [0.15, 0.2) is 53.7 Å². The Balaban J connectivity index is 0.00000320. The summed E-state index contributed by atoms with van der Waals surface area (Å²) in [5, 5.41) is 3.49. The highest BCUT2D eigenvalue weighted by Crippen LogP contribution is 2.14. The highest BCUT2D eigenvalue weighted by Gasteiger charge is 2.20. The molecule has 0 saturated carbocycles. The number of anilines is 1. The third kappa shape index (κ3) is 7.32. The Morgan fingerprint density at radius 1 is 1.13 bits per heavy atom. The number of likely N-dealkylation sites (N-methyl/N-ethyl adjacent to an activating group) is 1. The second-order valence-corrected chi connectivity index (χ2v) is 7.36. The van der Waals surface area contributed by atoms with Gasteiger partial charge in [-0.05, 0) is 43.9 Å². The third-order valence-corrected chi connectivity index (χ3v) is 4.92. The minimum Gasteiger partial charge on any atom is -0.492 e. The van der Waals surface area contributed by atoms with Crippen molar-refractivity contribution in [2.45, 2.75) is 6.54 Å². The van der Waals surface area contributed by atoms with E-state index >= 15 is 0 Å². The van der Waals surface area contributed by atoms with Crippen molar-refractivity contribution in [1.29, 1.82) is 0 Å². The molecule has 1 N–H and O–H groups in total. The van der Waals surface area contributed by atoms with Gasteiger partial charge in [0.05, 0.1) is 0 Å². The zero-order valence-corrected chi connectivity index (χ0v) is 20.5. The Kier molecular flexibility index (Phi) is 10.2. The van der Waals surface area contributed by atoms with E-state index in [0.29, 0.717) is 6.61 Å². The lowest BCUT2D eigenvalue weighted by Gasteiger charge is -2.37. The number of hydrogen-bond acceptors (Lipinski definition) is 5. The molecule has 1 aliphatic heterocycles. The normalized spacial score (nSPS) is 14.5. The van der Waals surface area contributed by atoms with Crippen LogP contribution in [0.5, 0.6) is 5.75 Å². The average Bonchev–Trinajstić information content (AvgIpc) is 2.75. The van der Waals surface area contributed by atoms with Crippen molar-refractivity contribution in [2.75, 3.05) is 65.4 Å². The molecule has 0 spiro atoms. The summed E-state index contributed by atoms with van der Waals surface area (Å²) in [6.45, 7) is 6.03. The van der Waals surface area contributed by atoms with Gasteiger partial charge in [0.25, 0.3) is 0 Å². The van der Waals surface area contributed by atoms with Gasteiger partial charge in [0.2, 0.25) is 0 Å². The summed E-state index contributed by atoms with van der Waals surface area (Å²) in [5.74, 6) is 2.89. The van der Waals surface area contributed by atoms with E-state index in [0.717, 1.165) is 56.8 Å². The molecule has 2 heterocycles. The summed E-state index contributed by atoms with van der Waals surface area (Å²) in [5.41, 5.74) is 1.18. The molecule has 7 nitrogen and oxygen atoms in total. The van der Waals surface area contributed by atoms with Crippen LogP contribution in [0.3, 0.4) is 0 Å². The maximum absolute atomic E-state index is 5.84. The standard InChI is InChI=1S/C22H32N6O.HI/c1-23-22(28-13-11-27(12-14-28)21-9-4-5-10-24-21)25-18-19-7-6-8-20(17-19)29-16-15-26(2)3;/h4-10,17H,11-16,18H2,1-3H3,(H,23,25);1H. The highest BCUT2D eigenvalue weighted by atomic mass is 127. The second-order valence-electron chi connectivity index (χ2n) is 7.36. The first-order valence-electron chi connectivity index (χ1n) is 10.1. The number of aliphatic imine (C=N–C) groups is 1. The lowest BCUT2D eigenvalue weighted by molar-refractivity contribution is 0.261. The first kappa shape index (κ1) is 24.2. The van der Waals surface area contributed by atoms with Crippen molar-refractivity contribution in [3.05, 3.63) is 54.2 Å². The molecule has 1 saturated heterocycles. The number of rotatable bonds is 7. The van der Waals surface area contributed by atoms with Gasteiger partial charge in [0.1, 0.15) is 18.2 Å². The number of hydrogen-bond donors (Lipinski definition) is 1. The number of nitrogens with one attached hydrogen (secondary N) is 1. The summed E-state index contributed by atoms with van der Waals surface area (Å²) >= 11 is 0. The summed E-state index contributed by atoms with van der Waals surface area (Å²) < 4.78 is 5.84. The lowest BCUT2D eigenvalue weighted by Crippen LogP contribution is -2.52. The third-order valence-electron chi connectivity index (χ3n) is 4.92. The van der Waals surface area contributed by atoms with Crippen LogP contribution in [-0.4, -0.2) is 81.2 Å². The quantitative estimate of drug-likeness (QED) is 0.342. The number of ether oxygens (including phenoxy) is 1. The fourth-order valence-electron chi connectivity index (χ4n) is 3.29. The van der Waals surface area contributed by atoms with Gasteiger partial charge in [-0.2, -0.15) is 0 Å². The van der Waals surface area contributed by atoms with Crippen LogP contribution in [0.25, 0.3) is 0 Å². The largest absolute Gasteiger partial charge is 0.492 e. The van der Waals surface area contributed by atoms with E-state index in [4.69, 9.17) is 4.74 Å². The van der Waals surface area contributed by atoms with Gasteiger partial charge in [-0.1, -0.05) is 18.2 Å². The number of guanidine groups is 1. The smallest absolute Gasteiger partial charge is 0.194 e. The molecule has 1 aromatic carbocycles. The summed E-state index contributed by atoms with van der Waals surface area (Å²) in [6.07, 6.45) is 1.85. The van der Waals surface area contributed by atoms with Crippen molar-refractivity contribution in [3.8, 4) is 5.75 Å². The predicted molar refractivity (Wildman–Crippen MR) is 134 cm³/mol. The number of aromatic nitrogens is 1. The minimum atomic E-state index is 0. The molecule has 0 aliphatic carbocycles. The summed E-state index contributed by atoms with van der Waals surface area (Å²) in [6, 6.07) is 14.3. The lowest BCUT2D eigenvalue weighted by atomic mass is 10.2. The van der Waals surface area contributed by atoms with Crippen LogP contribution in [0.1, 0.15) is 5.56 Å². The minimum absolute atomic E-state index is 0. The van der Waals surface area contributed by atoms with E-state index < -0.39 is 0 Å². The molecule has 0 amide bonds. The van der Waals surface area contributed by atoms with Gasteiger partial charge in [0, 0.05) is 52.5 Å². The highest BCUT2D eigenvalue weighted by molar-refractivity contribution is 14.0. The number of pyridine rings is 1. The predicted octanol–water partition coefficient (Wildman–Crippen LogP) is 2.54. The van der Waals surface area contributed by atoms with Gasteiger partial charge < -0.3 is 24.8 Å². The van der Waals surface area contributed by atoms with Crippen molar-refractivity contribution >= 4 is 35.8 Å². The Morgan fingerprint density at radius 2 is 1.93 bits per heavy atom. The summed E-state index contributed by atoms with van der Waals surface area (Å²) in [7, 11) is 5.94. The first-order chi connectivity index (χ1) is 14.2. The second kappa shape index (κ2) is 12.6. The Labute approximate surface area is 197 Å². The molecule has 0 atom stereocenters. The maximum Gasteiger partial charge on any atom is 0.194 e. The number of nitrogens with zero attached hydrogens (tertiary/aromatic N) is 5. The molecule has 1 aromatic heterocycles. The van der Waals surface area contributed by atoms with Crippen LogP contribution >= 0.6 is 24.0 Å². The van der Waals surface area contributed by atoms with E-state index in [1.807, 2.05) is 51.6 Å². The van der Waals surface area contributed by atoms with Crippen LogP contribution in [0.2, 0.25) is 0 Å². The fraction of sp³-hybridized carbons (Fsp3) is 0.455. The maximum atomic E-state index is 5.84. The van der Waals surface area contributed by atoms with Crippen LogP contribution in [0, 0.1) is 0 Å². The molecular weight excluding hydrogens is 491 g/mol. The molecular formula is C22H33IN6O. The number of piperazine rings is 1. The molecule has 1 fully saturated rings. The van der Waals surface area contributed by atoms with Crippen LogP contribution < -0.4 is 15.0 Å². The van der Waals surface area contributed by atoms with Crippen LogP contribution in [0.4, 0.5) is 5.82 Å². The van der Waals surface area contributed by atoms with E-state index in [1.165, 1.54) is 5.56 Å². The average molecular weight is 524 g/mol. The number of halogens is 1. The Bertz CT molecular complexity index is 778. The van der Waals surface area contributed by atoms with E-state index in [-0.39, 0.29) is 24.0 Å². The SMILES string of the molecule is CN=C(NCc1cccc(OCCN(C)C)c1)N1CCN(c2ccccn2)CC1.I. The topological polar surface area (TPSA) is 56.2 Å². The molecule has 3 rings (SSSR count). The van der Waals surface area contributed by atoms with Gasteiger partial charge in [-0.15, -0.1) is 24.0 Å². The van der Waals surface area contributed by atoms with Gasteiger partial charge in [-0.3, -0.25) is 4.99 Å². The van der Waals surface area contributed by atoms with Gasteiger partial charge in [-0.25, -0.2) is 4.98 Å². The fourth-order valence-corrected chi connectivity index (χ4v) is 3.29. The van der Waals surface area contributed by atoms with Crippen molar-refractivity contribution in [1.82, 2.24) is 20.1 Å². The van der Waals surface area contributed by atoms with E-state index in [1.54, 1.807) is 0 Å². The Morgan fingerprint density at radius 3 is 2.60 bits per heavy atom. The Hall–Kier alpha value is -2.07. The molecule has 0 unspecified atom stereocenters. The summed E-state index contributed by atoms with van der Waals surface area (Å²) in [4.78, 5) is 15.7. The monoisotopic (exact) mass is 524 g/mol. The first-order valence-corrected chi connectivity index (χ1v) is 10.1. The van der Waals surface area contributed by atoms with Crippen molar-refractivity contribution < 1.29 is 4.74 Å². The molecule has 1 aliphatic rings. The van der Waals surface area contributed by atoms with Gasteiger partial charge >= 0.3 is 0 Å². The number of benzene rings is 1. The van der Waals surface area contributed by atoms with Crippen LogP contribution in [-0.2, 0) is 6.54 Å². The molecule has 8 heteroatoms. The van der Waals surface area contributed by atoms with Crippen molar-refractivity contribution in [3.63, 3.8) is 0 Å². The molecule has 2 aromatic rings. The van der Waals surface area contributed by atoms with E-state index in [9.17, 15) is 0 Å². The zero-order chi connectivity index (χ0) is 20.5. The zero-order valence-electron chi connectivity index (χ0n) is 18.1. The van der Waals surface area contributed by atoms with Gasteiger partial charge in [0.15, 0.2) is 5.96 Å². The van der Waals surface area contributed by atoms with Crippen molar-refractivity contribution in [2.24, 2.45) is 4.99 Å². The molecule has 0 radical (unpaired) electrons. The molecule has 30 heavy (non-hydrogen) atoms.